The normalized spacial score (nSPS) is 18.0. The molecule has 7 nitrogen and oxygen atoms in total. The molecule has 3 rings (SSSR count). The van der Waals surface area contributed by atoms with E-state index in [-0.39, 0.29) is 18.2 Å². The van der Waals surface area contributed by atoms with Crippen LogP contribution in [0, 0.1) is 12.8 Å². The summed E-state index contributed by atoms with van der Waals surface area (Å²) in [4.78, 5) is 29.8. The van der Waals surface area contributed by atoms with Gasteiger partial charge in [0, 0.05) is 25.2 Å². The van der Waals surface area contributed by atoms with Crippen LogP contribution < -0.4 is 10.2 Å². The number of hydrogen-bond acceptors (Lipinski definition) is 5. The third-order valence-electron chi connectivity index (χ3n) is 3.33. The molecule has 3 heterocycles. The van der Waals surface area contributed by atoms with Crippen LogP contribution in [0.3, 0.4) is 0 Å². The minimum absolute atomic E-state index is 0.0838. The van der Waals surface area contributed by atoms with Gasteiger partial charge in [-0.15, -0.1) is 0 Å². The first-order valence-corrected chi connectivity index (χ1v) is 6.58. The van der Waals surface area contributed by atoms with Crippen LogP contribution in [0.25, 0.3) is 0 Å². The fourth-order valence-corrected chi connectivity index (χ4v) is 2.30. The molecule has 0 saturated carbocycles. The Labute approximate surface area is 120 Å². The smallest absolute Gasteiger partial charge is 0.231 e. The molecule has 0 aromatic carbocycles. The molecule has 0 spiro atoms. The summed E-state index contributed by atoms with van der Waals surface area (Å²) in [5.41, 5.74) is 0.704. The summed E-state index contributed by atoms with van der Waals surface area (Å²) in [6.07, 6.45) is 3.43. The van der Waals surface area contributed by atoms with Crippen molar-refractivity contribution in [3.05, 3.63) is 36.4 Å². The predicted octanol–water partition coefficient (Wildman–Crippen LogP) is 1.37. The average molecular weight is 286 g/mol. The van der Waals surface area contributed by atoms with Crippen LogP contribution in [-0.2, 0) is 9.59 Å². The van der Waals surface area contributed by atoms with Gasteiger partial charge in [0.15, 0.2) is 5.82 Å². The molecule has 108 valence electrons. The van der Waals surface area contributed by atoms with Gasteiger partial charge in [0.1, 0.15) is 5.76 Å². The number of carbonyl (C=O) groups is 2. The molecule has 1 saturated heterocycles. The second-order valence-corrected chi connectivity index (χ2v) is 4.93. The van der Waals surface area contributed by atoms with E-state index in [1.54, 1.807) is 42.4 Å². The Bertz CT molecular complexity index is 668. The minimum atomic E-state index is -0.408. The fourth-order valence-electron chi connectivity index (χ4n) is 2.30. The molecule has 1 unspecified atom stereocenters. The first-order chi connectivity index (χ1) is 10.1. The number of nitrogens with one attached hydrogen (secondary N) is 1. The molecular formula is C14H14N4O3. The second kappa shape index (κ2) is 5.35. The monoisotopic (exact) mass is 286 g/mol. The molecule has 21 heavy (non-hydrogen) atoms. The van der Waals surface area contributed by atoms with Crippen LogP contribution in [0.15, 0.2) is 35.1 Å². The number of hydrogen-bond donors (Lipinski definition) is 1. The maximum absolute atomic E-state index is 12.2. The molecular weight excluding hydrogens is 272 g/mol. The van der Waals surface area contributed by atoms with Gasteiger partial charge in [0.2, 0.25) is 11.8 Å². The van der Waals surface area contributed by atoms with Crippen LogP contribution in [0.2, 0.25) is 0 Å². The minimum Gasteiger partial charge on any atom is -0.360 e. The molecule has 1 aliphatic rings. The van der Waals surface area contributed by atoms with Crippen molar-refractivity contribution in [3.63, 3.8) is 0 Å². The Morgan fingerprint density at radius 1 is 1.52 bits per heavy atom. The molecule has 0 bridgehead atoms. The highest BCUT2D eigenvalue weighted by Crippen LogP contribution is 2.25. The lowest BCUT2D eigenvalue weighted by Gasteiger charge is -2.15. The maximum Gasteiger partial charge on any atom is 0.231 e. The van der Waals surface area contributed by atoms with Crippen LogP contribution in [0.1, 0.15) is 12.2 Å². The molecule has 1 aliphatic heterocycles. The molecule has 1 fully saturated rings. The zero-order valence-electron chi connectivity index (χ0n) is 11.4. The van der Waals surface area contributed by atoms with E-state index in [4.69, 9.17) is 4.52 Å². The summed E-state index contributed by atoms with van der Waals surface area (Å²) in [5, 5.41) is 6.37. The third kappa shape index (κ3) is 2.76. The van der Waals surface area contributed by atoms with Crippen LogP contribution in [0.5, 0.6) is 0 Å². The Morgan fingerprint density at radius 2 is 2.38 bits per heavy atom. The van der Waals surface area contributed by atoms with E-state index in [1.807, 2.05) is 0 Å². The number of carbonyl (C=O) groups excluding carboxylic acids is 2. The topological polar surface area (TPSA) is 88.3 Å². The molecule has 0 radical (unpaired) electrons. The highest BCUT2D eigenvalue weighted by Gasteiger charge is 2.35. The van der Waals surface area contributed by atoms with Gasteiger partial charge in [0.25, 0.3) is 0 Å². The lowest BCUT2D eigenvalue weighted by atomic mass is 10.1. The number of nitrogens with zero attached hydrogens (tertiary/aromatic N) is 3. The van der Waals surface area contributed by atoms with Gasteiger partial charge >= 0.3 is 0 Å². The van der Waals surface area contributed by atoms with Crippen molar-refractivity contribution in [2.24, 2.45) is 5.92 Å². The van der Waals surface area contributed by atoms with Gasteiger partial charge < -0.3 is 14.7 Å². The number of amides is 2. The Balaban J connectivity index is 1.68. The van der Waals surface area contributed by atoms with Crippen molar-refractivity contribution >= 4 is 23.3 Å². The van der Waals surface area contributed by atoms with Gasteiger partial charge in [-0.1, -0.05) is 5.16 Å². The zero-order chi connectivity index (χ0) is 14.8. The Hall–Kier alpha value is -2.70. The van der Waals surface area contributed by atoms with Crippen LogP contribution in [0.4, 0.5) is 11.5 Å². The van der Waals surface area contributed by atoms with E-state index in [9.17, 15) is 9.59 Å². The standard InChI is InChI=1S/C14H14N4O3/c1-9-5-12(17-21-9)16-14(20)10-6-13(19)18(8-10)11-3-2-4-15-7-11/h2-5,7,10H,6,8H2,1H3,(H,16,17,20). The largest absolute Gasteiger partial charge is 0.360 e. The van der Waals surface area contributed by atoms with E-state index >= 15 is 0 Å². The summed E-state index contributed by atoms with van der Waals surface area (Å²) >= 11 is 0. The molecule has 2 amide bonds. The second-order valence-electron chi connectivity index (χ2n) is 4.93. The molecule has 2 aromatic heterocycles. The third-order valence-corrected chi connectivity index (χ3v) is 3.33. The zero-order valence-corrected chi connectivity index (χ0v) is 11.4. The first kappa shape index (κ1) is 13.3. The van der Waals surface area contributed by atoms with Gasteiger partial charge in [-0.25, -0.2) is 0 Å². The summed E-state index contributed by atoms with van der Waals surface area (Å²) < 4.78 is 4.89. The van der Waals surface area contributed by atoms with Crippen LogP contribution >= 0.6 is 0 Å². The summed E-state index contributed by atoms with van der Waals surface area (Å²) in [6.45, 7) is 2.08. The first-order valence-electron chi connectivity index (χ1n) is 6.58. The number of aryl methyl sites for hydroxylation is 1. The number of rotatable bonds is 3. The highest BCUT2D eigenvalue weighted by molar-refractivity contribution is 6.03. The number of aromatic nitrogens is 2. The lowest BCUT2D eigenvalue weighted by molar-refractivity contribution is -0.122. The van der Waals surface area contributed by atoms with E-state index in [0.717, 1.165) is 0 Å². The quantitative estimate of drug-likeness (QED) is 0.920. The van der Waals surface area contributed by atoms with Crippen molar-refractivity contribution in [3.8, 4) is 0 Å². The Morgan fingerprint density at radius 3 is 3.05 bits per heavy atom. The fraction of sp³-hybridized carbons (Fsp3) is 0.286. The molecule has 0 aliphatic carbocycles. The highest BCUT2D eigenvalue weighted by atomic mass is 16.5. The van der Waals surface area contributed by atoms with E-state index in [2.05, 4.69) is 15.5 Å². The predicted molar refractivity (Wildman–Crippen MR) is 74.6 cm³/mol. The van der Waals surface area contributed by atoms with Crippen molar-refractivity contribution in [2.75, 3.05) is 16.8 Å². The van der Waals surface area contributed by atoms with E-state index in [1.165, 1.54) is 0 Å². The van der Waals surface area contributed by atoms with Crippen molar-refractivity contribution in [2.45, 2.75) is 13.3 Å². The average Bonchev–Trinajstić information content (AvgIpc) is 3.06. The summed E-state index contributed by atoms with van der Waals surface area (Å²) in [5.74, 6) is 0.256. The van der Waals surface area contributed by atoms with Gasteiger partial charge in [-0.05, 0) is 19.1 Å². The maximum atomic E-state index is 12.2. The molecule has 1 N–H and O–H groups in total. The summed E-state index contributed by atoms with van der Waals surface area (Å²) in [7, 11) is 0. The van der Waals surface area contributed by atoms with Gasteiger partial charge in [-0.3, -0.25) is 14.6 Å². The van der Waals surface area contributed by atoms with Crippen LogP contribution in [-0.4, -0.2) is 28.5 Å². The number of anilines is 2. The molecule has 2 aromatic rings. The number of pyridine rings is 1. The molecule has 1 atom stereocenters. The van der Waals surface area contributed by atoms with Gasteiger partial charge in [0.05, 0.1) is 17.8 Å². The van der Waals surface area contributed by atoms with Gasteiger partial charge in [-0.2, -0.15) is 0 Å². The van der Waals surface area contributed by atoms with Crippen molar-refractivity contribution in [1.82, 2.24) is 10.1 Å². The molecule has 7 heteroatoms. The SMILES string of the molecule is Cc1cc(NC(=O)C2CC(=O)N(c3cccnc3)C2)no1. The van der Waals surface area contributed by atoms with Crippen molar-refractivity contribution < 1.29 is 14.1 Å². The summed E-state index contributed by atoms with van der Waals surface area (Å²) in [6, 6.07) is 5.19. The Kier molecular flexibility index (Phi) is 3.39. The van der Waals surface area contributed by atoms with E-state index in [0.29, 0.717) is 23.8 Å². The van der Waals surface area contributed by atoms with E-state index < -0.39 is 5.92 Å². The lowest BCUT2D eigenvalue weighted by Crippen LogP contribution is -2.28. The van der Waals surface area contributed by atoms with Crippen molar-refractivity contribution in [1.29, 1.82) is 0 Å².